The summed E-state index contributed by atoms with van der Waals surface area (Å²) in [6.45, 7) is 3.08. The molecule has 3 rings (SSSR count). The molecule has 0 bridgehead atoms. The highest BCUT2D eigenvalue weighted by molar-refractivity contribution is 5.60. The monoisotopic (exact) mass is 285 g/mol. The lowest BCUT2D eigenvalue weighted by molar-refractivity contribution is 0.611. The van der Waals surface area contributed by atoms with Gasteiger partial charge in [-0.15, -0.1) is 0 Å². The summed E-state index contributed by atoms with van der Waals surface area (Å²) in [5.74, 6) is 0.482. The van der Waals surface area contributed by atoms with Crippen LogP contribution in [0.1, 0.15) is 5.56 Å². The number of halogens is 1. The fourth-order valence-electron chi connectivity index (χ4n) is 2.70. The first-order valence-corrected chi connectivity index (χ1v) is 6.86. The Morgan fingerprint density at radius 2 is 1.90 bits per heavy atom. The highest BCUT2D eigenvalue weighted by atomic mass is 19.1. The SMILES string of the molecule is Cn1ccnc1N1CCN(c2cccc(F)c2C#N)CC1. The minimum Gasteiger partial charge on any atom is -0.367 e. The zero-order valence-corrected chi connectivity index (χ0v) is 11.8. The molecule has 2 heterocycles. The van der Waals surface area contributed by atoms with E-state index in [1.807, 2.05) is 23.9 Å². The van der Waals surface area contributed by atoms with Crippen molar-refractivity contribution in [1.82, 2.24) is 9.55 Å². The van der Waals surface area contributed by atoms with E-state index in [9.17, 15) is 4.39 Å². The van der Waals surface area contributed by atoms with Crippen LogP contribution >= 0.6 is 0 Å². The van der Waals surface area contributed by atoms with Crippen molar-refractivity contribution < 1.29 is 4.39 Å². The third-order valence-corrected chi connectivity index (χ3v) is 3.80. The summed E-state index contributed by atoms with van der Waals surface area (Å²) in [4.78, 5) is 8.60. The van der Waals surface area contributed by atoms with Crippen molar-refractivity contribution >= 4 is 11.6 Å². The lowest BCUT2D eigenvalue weighted by Gasteiger charge is -2.36. The second-order valence-electron chi connectivity index (χ2n) is 5.06. The third-order valence-electron chi connectivity index (χ3n) is 3.80. The summed E-state index contributed by atoms with van der Waals surface area (Å²) in [5, 5.41) is 9.13. The maximum absolute atomic E-state index is 13.7. The van der Waals surface area contributed by atoms with Crippen molar-refractivity contribution in [1.29, 1.82) is 5.26 Å². The standard InChI is InChI=1S/C15H16FN5/c1-19-6-5-18-15(19)21-9-7-20(8-10-21)14-4-2-3-13(16)12(14)11-17/h2-6H,7-10H2,1H3. The number of nitrogens with zero attached hydrogens (tertiary/aromatic N) is 5. The van der Waals surface area contributed by atoms with Gasteiger partial charge in [-0.3, -0.25) is 0 Å². The molecule has 0 amide bonds. The Labute approximate surface area is 122 Å². The van der Waals surface area contributed by atoms with Crippen LogP contribution in [0.3, 0.4) is 0 Å². The molecule has 1 aromatic heterocycles. The average Bonchev–Trinajstić information content (AvgIpc) is 2.93. The lowest BCUT2D eigenvalue weighted by atomic mass is 10.1. The van der Waals surface area contributed by atoms with Crippen LogP contribution in [0.15, 0.2) is 30.6 Å². The number of anilines is 2. The van der Waals surface area contributed by atoms with Crippen LogP contribution < -0.4 is 9.80 Å². The molecule has 1 aliphatic heterocycles. The molecule has 0 saturated carbocycles. The van der Waals surface area contributed by atoms with Crippen molar-refractivity contribution in [3.8, 4) is 6.07 Å². The smallest absolute Gasteiger partial charge is 0.205 e. The fraction of sp³-hybridized carbons (Fsp3) is 0.333. The number of hydrogen-bond donors (Lipinski definition) is 0. The van der Waals surface area contributed by atoms with E-state index in [-0.39, 0.29) is 5.56 Å². The van der Waals surface area contributed by atoms with Crippen LogP contribution in [0.25, 0.3) is 0 Å². The second kappa shape index (κ2) is 5.44. The number of aryl methyl sites for hydroxylation is 1. The summed E-state index contributed by atoms with van der Waals surface area (Å²) in [6, 6.07) is 6.74. The highest BCUT2D eigenvalue weighted by Gasteiger charge is 2.22. The van der Waals surface area contributed by atoms with Crippen LogP contribution in [0.5, 0.6) is 0 Å². The molecule has 0 atom stereocenters. The predicted molar refractivity (Wildman–Crippen MR) is 78.7 cm³/mol. The molecule has 21 heavy (non-hydrogen) atoms. The number of nitriles is 1. The van der Waals surface area contributed by atoms with E-state index >= 15 is 0 Å². The number of benzene rings is 1. The number of piperazine rings is 1. The summed E-state index contributed by atoms with van der Waals surface area (Å²) < 4.78 is 15.7. The topological polar surface area (TPSA) is 48.1 Å². The van der Waals surface area contributed by atoms with E-state index in [4.69, 9.17) is 5.26 Å². The van der Waals surface area contributed by atoms with Gasteiger partial charge in [0.2, 0.25) is 5.95 Å². The molecule has 1 aliphatic rings. The highest BCUT2D eigenvalue weighted by Crippen LogP contribution is 2.24. The van der Waals surface area contributed by atoms with Gasteiger partial charge in [0.1, 0.15) is 17.4 Å². The molecule has 5 nitrogen and oxygen atoms in total. The lowest BCUT2D eigenvalue weighted by Crippen LogP contribution is -2.47. The molecule has 6 heteroatoms. The molecular formula is C15H16FN5. The summed E-state index contributed by atoms with van der Waals surface area (Å²) in [5.41, 5.74) is 0.805. The Morgan fingerprint density at radius 1 is 1.19 bits per heavy atom. The van der Waals surface area contributed by atoms with Gasteiger partial charge in [-0.2, -0.15) is 5.26 Å². The molecule has 0 unspecified atom stereocenters. The maximum atomic E-state index is 13.7. The first-order chi connectivity index (χ1) is 10.2. The van der Waals surface area contributed by atoms with Gasteiger partial charge >= 0.3 is 0 Å². The van der Waals surface area contributed by atoms with E-state index in [1.165, 1.54) is 6.07 Å². The van der Waals surface area contributed by atoms with Crippen molar-refractivity contribution in [2.45, 2.75) is 0 Å². The van der Waals surface area contributed by atoms with Gasteiger partial charge in [-0.05, 0) is 12.1 Å². The molecule has 1 fully saturated rings. The maximum Gasteiger partial charge on any atom is 0.205 e. The predicted octanol–water partition coefficient (Wildman–Crippen LogP) is 1.76. The van der Waals surface area contributed by atoms with Gasteiger partial charge in [0.25, 0.3) is 0 Å². The number of imidazole rings is 1. The Hall–Kier alpha value is -2.55. The molecular weight excluding hydrogens is 269 g/mol. The molecule has 0 N–H and O–H groups in total. The van der Waals surface area contributed by atoms with Gasteiger partial charge in [0, 0.05) is 45.6 Å². The minimum absolute atomic E-state index is 0.128. The number of rotatable bonds is 2. The second-order valence-corrected chi connectivity index (χ2v) is 5.06. The number of hydrogen-bond acceptors (Lipinski definition) is 4. The van der Waals surface area contributed by atoms with Crippen molar-refractivity contribution in [3.63, 3.8) is 0 Å². The molecule has 2 aromatic rings. The first-order valence-electron chi connectivity index (χ1n) is 6.86. The van der Waals surface area contributed by atoms with E-state index in [0.29, 0.717) is 5.69 Å². The Kier molecular flexibility index (Phi) is 3.48. The zero-order valence-electron chi connectivity index (χ0n) is 11.8. The van der Waals surface area contributed by atoms with E-state index in [1.54, 1.807) is 18.3 Å². The molecule has 108 valence electrons. The van der Waals surface area contributed by atoms with Crippen molar-refractivity contribution in [3.05, 3.63) is 42.0 Å². The van der Waals surface area contributed by atoms with Gasteiger partial charge in [0.05, 0.1) is 5.69 Å². The van der Waals surface area contributed by atoms with E-state index in [2.05, 4.69) is 14.8 Å². The largest absolute Gasteiger partial charge is 0.367 e. The van der Waals surface area contributed by atoms with Crippen LogP contribution in [-0.4, -0.2) is 35.7 Å². The molecule has 1 aromatic carbocycles. The molecule has 0 aliphatic carbocycles. The summed E-state index contributed by atoms with van der Waals surface area (Å²) >= 11 is 0. The fourth-order valence-corrected chi connectivity index (χ4v) is 2.70. The summed E-state index contributed by atoms with van der Waals surface area (Å²) in [6.07, 6.45) is 3.70. The van der Waals surface area contributed by atoms with Crippen molar-refractivity contribution in [2.24, 2.45) is 7.05 Å². The Balaban J connectivity index is 1.76. The quantitative estimate of drug-likeness (QED) is 0.843. The molecule has 0 spiro atoms. The summed E-state index contributed by atoms with van der Waals surface area (Å²) in [7, 11) is 1.97. The van der Waals surface area contributed by atoms with Crippen LogP contribution in [0.4, 0.5) is 16.0 Å². The van der Waals surface area contributed by atoms with Gasteiger partial charge in [-0.1, -0.05) is 6.07 Å². The Bertz CT molecular complexity index is 680. The first kappa shape index (κ1) is 13.4. The van der Waals surface area contributed by atoms with E-state index in [0.717, 1.165) is 32.1 Å². The zero-order chi connectivity index (χ0) is 14.8. The normalized spacial score (nSPS) is 15.1. The molecule has 0 radical (unpaired) electrons. The van der Waals surface area contributed by atoms with Crippen LogP contribution in [0, 0.1) is 17.1 Å². The average molecular weight is 285 g/mol. The molecule has 1 saturated heterocycles. The van der Waals surface area contributed by atoms with Gasteiger partial charge < -0.3 is 14.4 Å². The van der Waals surface area contributed by atoms with Gasteiger partial charge in [-0.25, -0.2) is 9.37 Å². The van der Waals surface area contributed by atoms with Crippen LogP contribution in [0.2, 0.25) is 0 Å². The number of aromatic nitrogens is 2. The van der Waals surface area contributed by atoms with Crippen LogP contribution in [-0.2, 0) is 7.05 Å². The minimum atomic E-state index is -0.457. The Morgan fingerprint density at radius 3 is 2.52 bits per heavy atom. The van der Waals surface area contributed by atoms with Gasteiger partial charge in [0.15, 0.2) is 0 Å². The van der Waals surface area contributed by atoms with E-state index < -0.39 is 5.82 Å². The third kappa shape index (κ3) is 2.42. The van der Waals surface area contributed by atoms with Crippen molar-refractivity contribution in [2.75, 3.05) is 36.0 Å².